The molecule has 11 N–H and O–H groups in total. The van der Waals surface area contributed by atoms with Crippen LogP contribution in [0.2, 0.25) is 0 Å². The van der Waals surface area contributed by atoms with Gasteiger partial charge in [0, 0.05) is 6.54 Å². The first-order valence-electron chi connectivity index (χ1n) is 10.6. The maximum absolute atomic E-state index is 13.1. The largest absolute Gasteiger partial charge is 0.480 e. The van der Waals surface area contributed by atoms with E-state index in [1.807, 2.05) is 0 Å². The highest BCUT2D eigenvalue weighted by Gasteiger charge is 2.38. The van der Waals surface area contributed by atoms with Crippen molar-refractivity contribution in [3.05, 3.63) is 0 Å². The van der Waals surface area contributed by atoms with Gasteiger partial charge in [-0.15, -0.1) is 0 Å². The summed E-state index contributed by atoms with van der Waals surface area (Å²) in [6, 6.07) is -4.92. The SMILES string of the molecule is NCCCCC(NC(=O)C(CC(N)=O)NC(=O)C(N)CC(N)=O)C(=O)N1CCCC1C(=O)O. The number of hydrogen-bond acceptors (Lipinski definition) is 8. The minimum absolute atomic E-state index is 0.170. The number of primary amides is 2. The summed E-state index contributed by atoms with van der Waals surface area (Å²) >= 11 is 0. The zero-order chi connectivity index (χ0) is 25.1. The summed E-state index contributed by atoms with van der Waals surface area (Å²) in [5, 5.41) is 14.1. The third-order valence-corrected chi connectivity index (χ3v) is 5.18. The minimum Gasteiger partial charge on any atom is -0.480 e. The molecule has 0 aromatic heterocycles. The molecule has 14 nitrogen and oxygen atoms in total. The molecule has 1 fully saturated rings. The zero-order valence-corrected chi connectivity index (χ0v) is 18.3. The molecule has 0 saturated carbocycles. The molecule has 1 saturated heterocycles. The van der Waals surface area contributed by atoms with Crippen molar-refractivity contribution in [1.82, 2.24) is 15.5 Å². The van der Waals surface area contributed by atoms with Gasteiger partial charge < -0.3 is 43.6 Å². The Morgan fingerprint density at radius 1 is 0.939 bits per heavy atom. The molecule has 186 valence electrons. The molecule has 5 amide bonds. The van der Waals surface area contributed by atoms with E-state index in [0.717, 1.165) is 0 Å². The molecule has 0 aliphatic carbocycles. The lowest BCUT2D eigenvalue weighted by Gasteiger charge is -2.29. The molecule has 1 aliphatic rings. The van der Waals surface area contributed by atoms with Crippen LogP contribution in [0.4, 0.5) is 0 Å². The van der Waals surface area contributed by atoms with Crippen molar-refractivity contribution >= 4 is 35.5 Å². The molecule has 0 aromatic carbocycles. The number of aliphatic carboxylic acids is 1. The van der Waals surface area contributed by atoms with Crippen LogP contribution >= 0.6 is 0 Å². The summed E-state index contributed by atoms with van der Waals surface area (Å²) in [7, 11) is 0. The summed E-state index contributed by atoms with van der Waals surface area (Å²) in [6.07, 6.45) is 0.922. The van der Waals surface area contributed by atoms with E-state index in [4.69, 9.17) is 22.9 Å². The molecule has 14 heteroatoms. The first-order valence-corrected chi connectivity index (χ1v) is 10.6. The van der Waals surface area contributed by atoms with E-state index in [1.54, 1.807) is 0 Å². The normalized spacial score (nSPS) is 18.1. The van der Waals surface area contributed by atoms with Gasteiger partial charge in [0.2, 0.25) is 29.5 Å². The van der Waals surface area contributed by atoms with Crippen LogP contribution in [0.1, 0.15) is 44.9 Å². The van der Waals surface area contributed by atoms with Crippen LogP contribution in [-0.4, -0.2) is 82.8 Å². The van der Waals surface area contributed by atoms with Gasteiger partial charge in [0.25, 0.3) is 0 Å². The first kappa shape index (κ1) is 27.8. The second-order valence-corrected chi connectivity index (χ2v) is 7.88. The average molecular weight is 472 g/mol. The van der Waals surface area contributed by atoms with E-state index < -0.39 is 72.5 Å². The number of rotatable bonds is 14. The van der Waals surface area contributed by atoms with Crippen molar-refractivity contribution in [2.45, 2.75) is 69.1 Å². The predicted octanol–water partition coefficient (Wildman–Crippen LogP) is -3.76. The predicted molar refractivity (Wildman–Crippen MR) is 115 cm³/mol. The van der Waals surface area contributed by atoms with E-state index >= 15 is 0 Å². The number of amides is 5. The Labute approximate surface area is 190 Å². The molecule has 33 heavy (non-hydrogen) atoms. The van der Waals surface area contributed by atoms with Crippen LogP contribution < -0.4 is 33.6 Å². The lowest BCUT2D eigenvalue weighted by molar-refractivity contribution is -0.149. The molecule has 1 aliphatic heterocycles. The molecular weight excluding hydrogens is 438 g/mol. The lowest BCUT2D eigenvalue weighted by atomic mass is 10.1. The fourth-order valence-corrected chi connectivity index (χ4v) is 3.51. The van der Waals surface area contributed by atoms with Gasteiger partial charge in [-0.3, -0.25) is 24.0 Å². The second kappa shape index (κ2) is 13.3. The fraction of sp³-hybridized carbons (Fsp3) is 0.684. The molecule has 1 rings (SSSR count). The van der Waals surface area contributed by atoms with Gasteiger partial charge >= 0.3 is 5.97 Å². The summed E-state index contributed by atoms with van der Waals surface area (Å²) in [5.41, 5.74) is 21.2. The standard InChI is InChI=1S/C19H33N7O7/c20-6-2-1-4-11(18(31)26-7-3-5-13(26)19(32)33)24-17(30)12(9-15(23)28)25-16(29)10(21)8-14(22)27/h10-13H,1-9,20-21H2,(H2,22,27)(H2,23,28)(H,24,30)(H,25,29)(H,32,33). The van der Waals surface area contributed by atoms with Gasteiger partial charge in [-0.05, 0) is 38.6 Å². The molecule has 0 aromatic rings. The highest BCUT2D eigenvalue weighted by molar-refractivity contribution is 5.97. The van der Waals surface area contributed by atoms with E-state index in [0.29, 0.717) is 32.2 Å². The maximum atomic E-state index is 13.1. The van der Waals surface area contributed by atoms with Crippen molar-refractivity contribution in [3.63, 3.8) is 0 Å². The smallest absolute Gasteiger partial charge is 0.326 e. The number of likely N-dealkylation sites (tertiary alicyclic amines) is 1. The van der Waals surface area contributed by atoms with Gasteiger partial charge in [-0.25, -0.2) is 4.79 Å². The Morgan fingerprint density at radius 2 is 1.55 bits per heavy atom. The van der Waals surface area contributed by atoms with E-state index in [9.17, 15) is 33.9 Å². The Kier molecular flexibility index (Phi) is 11.2. The average Bonchev–Trinajstić information content (AvgIpc) is 3.21. The van der Waals surface area contributed by atoms with Crippen LogP contribution in [0, 0.1) is 0 Å². The topological polar surface area (TPSA) is 254 Å². The number of nitrogens with one attached hydrogen (secondary N) is 2. The van der Waals surface area contributed by atoms with Gasteiger partial charge in [-0.2, -0.15) is 0 Å². The van der Waals surface area contributed by atoms with E-state index in [2.05, 4.69) is 10.6 Å². The number of carbonyl (C=O) groups is 6. The van der Waals surface area contributed by atoms with Crippen LogP contribution in [0.25, 0.3) is 0 Å². The van der Waals surface area contributed by atoms with Gasteiger partial charge in [0.1, 0.15) is 18.1 Å². The highest BCUT2D eigenvalue weighted by atomic mass is 16.4. The number of unbranched alkanes of at least 4 members (excludes halogenated alkanes) is 1. The monoisotopic (exact) mass is 471 g/mol. The second-order valence-electron chi connectivity index (χ2n) is 7.88. The van der Waals surface area contributed by atoms with Crippen molar-refractivity contribution in [2.24, 2.45) is 22.9 Å². The van der Waals surface area contributed by atoms with Crippen LogP contribution in [0.5, 0.6) is 0 Å². The molecule has 1 heterocycles. The zero-order valence-electron chi connectivity index (χ0n) is 18.3. The van der Waals surface area contributed by atoms with Crippen LogP contribution in [0.15, 0.2) is 0 Å². The van der Waals surface area contributed by atoms with E-state index in [-0.39, 0.29) is 13.0 Å². The van der Waals surface area contributed by atoms with Gasteiger partial charge in [0.05, 0.1) is 18.9 Å². The molecule has 0 radical (unpaired) electrons. The highest BCUT2D eigenvalue weighted by Crippen LogP contribution is 2.20. The number of nitrogens with zero attached hydrogens (tertiary/aromatic N) is 1. The van der Waals surface area contributed by atoms with Crippen molar-refractivity contribution < 1.29 is 33.9 Å². The number of carbonyl (C=O) groups excluding carboxylic acids is 5. The fourth-order valence-electron chi connectivity index (χ4n) is 3.51. The maximum Gasteiger partial charge on any atom is 0.326 e. The molecule has 4 unspecified atom stereocenters. The summed E-state index contributed by atoms with van der Waals surface area (Å²) in [5.74, 6) is -5.26. The van der Waals surface area contributed by atoms with Crippen molar-refractivity contribution in [3.8, 4) is 0 Å². The Morgan fingerprint density at radius 3 is 2.09 bits per heavy atom. The van der Waals surface area contributed by atoms with Gasteiger partial charge in [0.15, 0.2) is 0 Å². The number of nitrogens with two attached hydrogens (primary N) is 4. The van der Waals surface area contributed by atoms with Crippen molar-refractivity contribution in [1.29, 1.82) is 0 Å². The van der Waals surface area contributed by atoms with Crippen molar-refractivity contribution in [2.75, 3.05) is 13.1 Å². The van der Waals surface area contributed by atoms with Crippen LogP contribution in [-0.2, 0) is 28.8 Å². The summed E-state index contributed by atoms with van der Waals surface area (Å²) in [6.45, 7) is 0.580. The van der Waals surface area contributed by atoms with Crippen LogP contribution in [0.3, 0.4) is 0 Å². The minimum atomic E-state index is -1.47. The summed E-state index contributed by atoms with van der Waals surface area (Å²) < 4.78 is 0. The molecule has 0 spiro atoms. The number of hydrogen-bond donors (Lipinski definition) is 7. The lowest BCUT2D eigenvalue weighted by Crippen LogP contribution is -2.58. The van der Waals surface area contributed by atoms with E-state index in [1.165, 1.54) is 4.90 Å². The molecular formula is C19H33N7O7. The van der Waals surface area contributed by atoms with Gasteiger partial charge in [-0.1, -0.05) is 0 Å². The Balaban J connectivity index is 3.00. The third-order valence-electron chi connectivity index (χ3n) is 5.18. The molecule has 0 bridgehead atoms. The Hall–Kier alpha value is -3.26. The number of carboxylic acids is 1. The Bertz CT molecular complexity index is 761. The quantitative estimate of drug-likeness (QED) is 0.123. The first-order chi connectivity index (χ1) is 15.5. The summed E-state index contributed by atoms with van der Waals surface area (Å²) in [4.78, 5) is 73.2. The number of carboxylic acid groups (broad SMARTS) is 1. The third kappa shape index (κ3) is 9.02. The molecule has 4 atom stereocenters.